The van der Waals surface area contributed by atoms with Crippen LogP contribution in [0.2, 0.25) is 0 Å². The van der Waals surface area contributed by atoms with Crippen LogP contribution < -0.4 is 5.32 Å². The highest BCUT2D eigenvalue weighted by Crippen LogP contribution is 2.33. The number of hydrogen-bond acceptors (Lipinski definition) is 3. The molecule has 0 heterocycles. The van der Waals surface area contributed by atoms with Gasteiger partial charge >= 0.3 is 0 Å². The fourth-order valence-electron chi connectivity index (χ4n) is 3.11. The van der Waals surface area contributed by atoms with Crippen LogP contribution in [-0.2, 0) is 10.2 Å². The van der Waals surface area contributed by atoms with Gasteiger partial charge in [-0.25, -0.2) is 0 Å². The van der Waals surface area contributed by atoms with E-state index in [1.54, 1.807) is 12.1 Å². The average Bonchev–Trinajstić information content (AvgIpc) is 2.74. The van der Waals surface area contributed by atoms with Crippen LogP contribution >= 0.6 is 0 Å². The highest BCUT2D eigenvalue weighted by atomic mass is 16.6. The maximum atomic E-state index is 13.4. The van der Waals surface area contributed by atoms with Crippen molar-refractivity contribution in [1.29, 1.82) is 0 Å². The van der Waals surface area contributed by atoms with Gasteiger partial charge in [0.1, 0.15) is 0 Å². The van der Waals surface area contributed by atoms with Crippen LogP contribution in [0.25, 0.3) is 5.70 Å². The summed E-state index contributed by atoms with van der Waals surface area (Å²) >= 11 is 0. The van der Waals surface area contributed by atoms with E-state index in [9.17, 15) is 14.9 Å². The van der Waals surface area contributed by atoms with Crippen LogP contribution in [0.1, 0.15) is 23.6 Å². The van der Waals surface area contributed by atoms with Gasteiger partial charge in [0, 0.05) is 23.4 Å². The summed E-state index contributed by atoms with van der Waals surface area (Å²) in [6, 6.07) is 25.0. The van der Waals surface area contributed by atoms with Gasteiger partial charge in [0.2, 0.25) is 5.91 Å². The highest BCUT2D eigenvalue weighted by Gasteiger charge is 2.37. The summed E-state index contributed by atoms with van der Waals surface area (Å²) in [6.45, 7) is 5.77. The number of carbonyl (C=O) groups is 1. The Balaban J connectivity index is 1.96. The maximum Gasteiger partial charge on any atom is 0.270 e. The topological polar surface area (TPSA) is 72.2 Å². The lowest BCUT2D eigenvalue weighted by molar-refractivity contribution is -0.384. The minimum Gasteiger partial charge on any atom is -0.325 e. The molecule has 0 saturated heterocycles. The summed E-state index contributed by atoms with van der Waals surface area (Å²) in [7, 11) is 0. The van der Waals surface area contributed by atoms with E-state index in [1.807, 2.05) is 67.6 Å². The number of carbonyl (C=O) groups excluding carboxylic acids is 1. The van der Waals surface area contributed by atoms with Crippen molar-refractivity contribution >= 4 is 17.3 Å². The third kappa shape index (κ3) is 3.69. The largest absolute Gasteiger partial charge is 0.325 e. The van der Waals surface area contributed by atoms with Gasteiger partial charge in [0.05, 0.1) is 10.3 Å². The molecule has 0 radical (unpaired) electrons. The van der Waals surface area contributed by atoms with E-state index >= 15 is 0 Å². The second-order valence-electron chi connectivity index (χ2n) is 6.60. The highest BCUT2D eigenvalue weighted by molar-refractivity contribution is 5.97. The van der Waals surface area contributed by atoms with Gasteiger partial charge in [-0.05, 0) is 18.1 Å². The molecule has 0 aliphatic carbocycles. The molecule has 3 rings (SSSR count). The molecule has 0 fully saturated rings. The van der Waals surface area contributed by atoms with Crippen LogP contribution in [0.3, 0.4) is 0 Å². The molecule has 3 aromatic rings. The van der Waals surface area contributed by atoms with E-state index in [0.717, 1.165) is 11.1 Å². The summed E-state index contributed by atoms with van der Waals surface area (Å²) in [5.41, 5.74) is 1.47. The molecule has 3 aromatic carbocycles. The predicted molar refractivity (Wildman–Crippen MR) is 110 cm³/mol. The molecule has 0 aliphatic rings. The first-order valence-corrected chi connectivity index (χ1v) is 8.79. The van der Waals surface area contributed by atoms with Crippen molar-refractivity contribution in [2.45, 2.75) is 12.3 Å². The molecule has 140 valence electrons. The first-order chi connectivity index (χ1) is 13.4. The zero-order valence-electron chi connectivity index (χ0n) is 15.5. The zero-order chi connectivity index (χ0) is 20.1. The van der Waals surface area contributed by atoms with Crippen LogP contribution in [-0.4, -0.2) is 10.8 Å². The molecular weight excluding hydrogens is 352 g/mol. The van der Waals surface area contributed by atoms with Gasteiger partial charge < -0.3 is 5.32 Å². The number of nitrogens with one attached hydrogen (secondary N) is 1. The zero-order valence-corrected chi connectivity index (χ0v) is 15.5. The van der Waals surface area contributed by atoms with Crippen LogP contribution in [0.5, 0.6) is 0 Å². The average molecular weight is 372 g/mol. The van der Waals surface area contributed by atoms with Crippen LogP contribution in [0.15, 0.2) is 91.5 Å². The van der Waals surface area contributed by atoms with E-state index in [2.05, 4.69) is 11.9 Å². The van der Waals surface area contributed by atoms with E-state index in [0.29, 0.717) is 11.3 Å². The predicted octanol–water partition coefficient (Wildman–Crippen LogP) is 4.69. The fourth-order valence-corrected chi connectivity index (χ4v) is 3.11. The maximum absolute atomic E-state index is 13.4. The number of nitro groups is 1. The molecule has 28 heavy (non-hydrogen) atoms. The van der Waals surface area contributed by atoms with Gasteiger partial charge in [-0.1, -0.05) is 79.4 Å². The van der Waals surface area contributed by atoms with E-state index in [4.69, 9.17) is 0 Å². The Kier molecular flexibility index (Phi) is 5.36. The minimum absolute atomic E-state index is 0.0539. The third-order valence-electron chi connectivity index (χ3n) is 4.83. The second kappa shape index (κ2) is 7.88. The van der Waals surface area contributed by atoms with Crippen LogP contribution in [0.4, 0.5) is 5.69 Å². The molecule has 0 saturated carbocycles. The van der Waals surface area contributed by atoms with Gasteiger partial charge in [-0.2, -0.15) is 0 Å². The van der Waals surface area contributed by atoms with Gasteiger partial charge in [-0.15, -0.1) is 0 Å². The van der Waals surface area contributed by atoms with E-state index in [-0.39, 0.29) is 11.6 Å². The van der Waals surface area contributed by atoms with Gasteiger partial charge in [-0.3, -0.25) is 14.9 Å². The molecule has 0 bridgehead atoms. The number of nitro benzene ring substituents is 1. The number of benzene rings is 3. The summed E-state index contributed by atoms with van der Waals surface area (Å²) < 4.78 is 0. The molecule has 0 spiro atoms. The monoisotopic (exact) mass is 372 g/mol. The summed E-state index contributed by atoms with van der Waals surface area (Å²) in [4.78, 5) is 23.9. The van der Waals surface area contributed by atoms with Crippen molar-refractivity contribution in [2.75, 3.05) is 0 Å². The molecule has 0 atom stereocenters. The molecular formula is C23H20N2O3. The molecule has 0 aromatic heterocycles. The smallest absolute Gasteiger partial charge is 0.270 e. The van der Waals surface area contributed by atoms with Gasteiger partial charge in [0.15, 0.2) is 0 Å². The minimum atomic E-state index is -0.952. The van der Waals surface area contributed by atoms with Crippen molar-refractivity contribution in [3.8, 4) is 0 Å². The molecule has 0 unspecified atom stereocenters. The Morgan fingerprint density at radius 1 is 0.929 bits per heavy atom. The molecule has 0 aliphatic heterocycles. The Labute approximate surface area is 163 Å². The van der Waals surface area contributed by atoms with Gasteiger partial charge in [0.25, 0.3) is 5.69 Å². The third-order valence-corrected chi connectivity index (χ3v) is 4.83. The number of nitrogens with zero attached hydrogens (tertiary/aromatic N) is 1. The lowest BCUT2D eigenvalue weighted by Gasteiger charge is -2.30. The number of non-ortho nitro benzene ring substituents is 1. The molecule has 1 N–H and O–H groups in total. The Hall–Kier alpha value is -3.73. The van der Waals surface area contributed by atoms with Crippen molar-refractivity contribution in [3.05, 3.63) is 118 Å². The van der Waals surface area contributed by atoms with Crippen molar-refractivity contribution in [3.63, 3.8) is 0 Å². The summed E-state index contributed by atoms with van der Waals surface area (Å²) in [5, 5.41) is 13.9. The molecule has 5 nitrogen and oxygen atoms in total. The molecule has 5 heteroatoms. The summed E-state index contributed by atoms with van der Waals surface area (Å²) in [6.07, 6.45) is 0. The SMILES string of the molecule is C=C(NC(=O)C(C)(c1ccccc1)c1ccccc1)c1cccc([N+](=O)[O-])c1. The number of amides is 1. The fraction of sp³-hybridized carbons (Fsp3) is 0.0870. The van der Waals surface area contributed by atoms with Crippen molar-refractivity contribution < 1.29 is 9.72 Å². The second-order valence-corrected chi connectivity index (χ2v) is 6.60. The Morgan fingerprint density at radius 3 is 1.96 bits per heavy atom. The number of hydrogen-bond donors (Lipinski definition) is 1. The van der Waals surface area contributed by atoms with E-state index < -0.39 is 10.3 Å². The van der Waals surface area contributed by atoms with E-state index in [1.165, 1.54) is 12.1 Å². The first kappa shape index (κ1) is 19.0. The molecule has 1 amide bonds. The summed E-state index contributed by atoms with van der Waals surface area (Å²) in [5.74, 6) is -0.263. The van der Waals surface area contributed by atoms with Crippen LogP contribution in [0, 0.1) is 10.1 Å². The number of rotatable bonds is 6. The van der Waals surface area contributed by atoms with Crippen molar-refractivity contribution in [2.24, 2.45) is 0 Å². The first-order valence-electron chi connectivity index (χ1n) is 8.79. The Bertz CT molecular complexity index is 975. The normalized spacial score (nSPS) is 10.9. The Morgan fingerprint density at radius 2 is 1.46 bits per heavy atom. The standard InChI is InChI=1S/C23H20N2O3/c1-17(18-10-9-15-21(16-18)25(27)28)24-22(26)23(2,19-11-5-3-6-12-19)20-13-7-4-8-14-20/h3-16H,1H2,2H3,(H,24,26). The quantitative estimate of drug-likeness (QED) is 0.504. The lowest BCUT2D eigenvalue weighted by atomic mass is 9.75. The lowest BCUT2D eigenvalue weighted by Crippen LogP contribution is -2.42. The van der Waals surface area contributed by atoms with Crippen molar-refractivity contribution in [1.82, 2.24) is 5.32 Å².